The number of ether oxygens (including phenoxy) is 10. The van der Waals surface area contributed by atoms with Crippen molar-refractivity contribution in [2.45, 2.75) is 115 Å². The second kappa shape index (κ2) is 14.4. The van der Waals surface area contributed by atoms with E-state index in [1.54, 1.807) is 6.92 Å². The molecule has 10 atom stereocenters. The Balaban J connectivity index is 2.38. The summed E-state index contributed by atoms with van der Waals surface area (Å²) in [7, 11) is 0. The van der Waals surface area contributed by atoms with E-state index in [2.05, 4.69) is 6.58 Å². The van der Waals surface area contributed by atoms with Crippen LogP contribution in [0.4, 0.5) is 0 Å². The van der Waals surface area contributed by atoms with Crippen molar-refractivity contribution in [2.24, 2.45) is 0 Å². The molecule has 46 heavy (non-hydrogen) atoms. The first-order valence-electron chi connectivity index (χ1n) is 14.4. The molecule has 0 aromatic carbocycles. The molecule has 258 valence electrons. The van der Waals surface area contributed by atoms with E-state index in [1.807, 2.05) is 0 Å². The highest BCUT2D eigenvalue weighted by atomic mass is 16.8. The van der Waals surface area contributed by atoms with Crippen molar-refractivity contribution in [1.29, 1.82) is 0 Å². The summed E-state index contributed by atoms with van der Waals surface area (Å²) in [5.41, 5.74) is -2.59. The van der Waals surface area contributed by atoms with Crippen LogP contribution in [-0.2, 0) is 76.1 Å². The maximum atomic E-state index is 12.9. The van der Waals surface area contributed by atoms with Crippen LogP contribution in [0.5, 0.6) is 0 Å². The monoisotopic (exact) mass is 660 g/mol. The van der Waals surface area contributed by atoms with Crippen molar-refractivity contribution in [1.82, 2.24) is 0 Å². The number of hydrogen-bond donors (Lipinski definition) is 1. The molecular formula is C29H40O17. The second-order valence-corrected chi connectivity index (χ2v) is 10.9. The van der Waals surface area contributed by atoms with Crippen LogP contribution in [0.1, 0.15) is 54.9 Å². The van der Waals surface area contributed by atoms with Gasteiger partial charge < -0.3 is 52.5 Å². The fourth-order valence-corrected chi connectivity index (χ4v) is 5.79. The third-order valence-corrected chi connectivity index (χ3v) is 7.55. The molecule has 3 aliphatic heterocycles. The maximum absolute atomic E-state index is 12.9. The number of carbonyl (C=O) groups is 6. The van der Waals surface area contributed by atoms with Crippen molar-refractivity contribution in [3.63, 3.8) is 0 Å². The van der Waals surface area contributed by atoms with E-state index in [0.29, 0.717) is 0 Å². The molecule has 3 heterocycles. The molecule has 3 aliphatic rings. The Kier molecular flexibility index (Phi) is 11.5. The molecule has 0 amide bonds. The van der Waals surface area contributed by atoms with Gasteiger partial charge in [-0.2, -0.15) is 0 Å². The number of esters is 6. The average Bonchev–Trinajstić information content (AvgIpc) is 3.24. The van der Waals surface area contributed by atoms with Crippen LogP contribution >= 0.6 is 0 Å². The summed E-state index contributed by atoms with van der Waals surface area (Å²) < 4.78 is 57.6. The Morgan fingerprint density at radius 2 is 1.39 bits per heavy atom. The molecule has 0 aliphatic carbocycles. The Bertz CT molecular complexity index is 1220. The van der Waals surface area contributed by atoms with Gasteiger partial charge in [0.25, 0.3) is 5.79 Å². The molecule has 0 aromatic heterocycles. The largest absolute Gasteiger partial charge is 0.463 e. The van der Waals surface area contributed by atoms with Gasteiger partial charge in [-0.3, -0.25) is 28.8 Å². The summed E-state index contributed by atoms with van der Waals surface area (Å²) >= 11 is 0. The van der Waals surface area contributed by atoms with Crippen molar-refractivity contribution in [3.8, 4) is 0 Å². The molecule has 0 saturated carbocycles. The van der Waals surface area contributed by atoms with E-state index >= 15 is 0 Å². The fourth-order valence-electron chi connectivity index (χ4n) is 5.79. The minimum absolute atomic E-state index is 0.246. The van der Waals surface area contributed by atoms with E-state index in [9.17, 15) is 33.9 Å². The summed E-state index contributed by atoms with van der Waals surface area (Å²) in [6.07, 6.45) is -9.95. The zero-order valence-electron chi connectivity index (χ0n) is 26.6. The average molecular weight is 661 g/mol. The molecule has 3 saturated heterocycles. The molecule has 0 bridgehead atoms. The van der Waals surface area contributed by atoms with Crippen LogP contribution in [-0.4, -0.2) is 121 Å². The number of aliphatic hydroxyl groups is 1. The topological polar surface area (TPSA) is 215 Å². The third-order valence-electron chi connectivity index (χ3n) is 7.55. The normalized spacial score (nSPS) is 36.7. The van der Waals surface area contributed by atoms with Gasteiger partial charge in [0, 0.05) is 48.0 Å². The van der Waals surface area contributed by atoms with Crippen molar-refractivity contribution in [2.75, 3.05) is 19.8 Å². The first-order valence-corrected chi connectivity index (χ1v) is 14.4. The van der Waals surface area contributed by atoms with Crippen LogP contribution in [0.25, 0.3) is 0 Å². The number of carbonyl (C=O) groups excluding carboxylic acids is 6. The molecule has 0 radical (unpaired) electrons. The lowest BCUT2D eigenvalue weighted by Gasteiger charge is -2.58. The third kappa shape index (κ3) is 7.33. The van der Waals surface area contributed by atoms with Gasteiger partial charge in [-0.15, -0.1) is 0 Å². The minimum atomic E-state index is -2.85. The summed E-state index contributed by atoms with van der Waals surface area (Å²) in [5, 5.41) is 11.9. The lowest BCUT2D eigenvalue weighted by molar-refractivity contribution is -0.443. The quantitative estimate of drug-likeness (QED) is 0.172. The highest BCUT2D eigenvalue weighted by molar-refractivity contribution is 5.70. The highest BCUT2D eigenvalue weighted by Gasteiger charge is 2.79. The van der Waals surface area contributed by atoms with Crippen LogP contribution < -0.4 is 0 Å². The van der Waals surface area contributed by atoms with Crippen LogP contribution in [0.15, 0.2) is 12.7 Å². The molecule has 3 rings (SSSR count). The Labute approximate surface area is 264 Å². The van der Waals surface area contributed by atoms with Crippen molar-refractivity contribution in [3.05, 3.63) is 12.7 Å². The van der Waals surface area contributed by atoms with Gasteiger partial charge in [-0.05, 0) is 6.08 Å². The smallest absolute Gasteiger partial charge is 0.305 e. The highest BCUT2D eigenvalue weighted by Crippen LogP contribution is 2.52. The number of rotatable bonds is 11. The van der Waals surface area contributed by atoms with Gasteiger partial charge in [-0.25, -0.2) is 0 Å². The van der Waals surface area contributed by atoms with Gasteiger partial charge in [0.1, 0.15) is 37.6 Å². The molecule has 17 heteroatoms. The Hall–Kier alpha value is -3.64. The Morgan fingerprint density at radius 3 is 1.89 bits per heavy atom. The van der Waals surface area contributed by atoms with E-state index in [4.69, 9.17) is 47.4 Å². The summed E-state index contributed by atoms with van der Waals surface area (Å²) in [5.74, 6) is -9.89. The van der Waals surface area contributed by atoms with E-state index in [0.717, 1.165) is 41.5 Å². The van der Waals surface area contributed by atoms with Crippen LogP contribution in [0.3, 0.4) is 0 Å². The first kappa shape index (κ1) is 36.8. The van der Waals surface area contributed by atoms with Crippen LogP contribution in [0, 0.1) is 0 Å². The van der Waals surface area contributed by atoms with Gasteiger partial charge in [0.2, 0.25) is 5.60 Å². The molecule has 0 spiro atoms. The maximum Gasteiger partial charge on any atom is 0.305 e. The van der Waals surface area contributed by atoms with Gasteiger partial charge in [-0.1, -0.05) is 13.5 Å². The number of hydrogen-bond acceptors (Lipinski definition) is 17. The predicted molar refractivity (Wildman–Crippen MR) is 147 cm³/mol. The van der Waals surface area contributed by atoms with Crippen molar-refractivity contribution < 1.29 is 81.2 Å². The van der Waals surface area contributed by atoms with Crippen molar-refractivity contribution >= 4 is 35.8 Å². The predicted octanol–water partition coefficient (Wildman–Crippen LogP) is -0.228. The molecule has 17 nitrogen and oxygen atoms in total. The molecule has 0 aromatic rings. The minimum Gasteiger partial charge on any atom is -0.463 e. The number of fused-ring (bicyclic) bond motifs is 1. The van der Waals surface area contributed by atoms with Gasteiger partial charge in [0.15, 0.2) is 24.1 Å². The van der Waals surface area contributed by atoms with Gasteiger partial charge in [0.05, 0.1) is 6.61 Å². The first-order chi connectivity index (χ1) is 21.5. The zero-order valence-corrected chi connectivity index (χ0v) is 26.6. The lowest BCUT2D eigenvalue weighted by Crippen LogP contribution is -2.80. The standard InChI is InChI=1S/C29H40O17/c1-9-27(10-2)39-12-21-23(46-27)22(36)25(41-17(6)33)29(45-21,43-19(8)35)28(13-38-15(4)31)26(42-18(7)34)24(40-16(5)32)20(44-28)11-37-14(3)30/h9,20-26,36H,1,10-13H2,2-8H3/t20-,21?,22+,23?,24-,25-,26+,27?,28+,29-/m1/s1. The zero-order chi connectivity index (χ0) is 34.6. The summed E-state index contributed by atoms with van der Waals surface area (Å²) in [6.45, 7) is 9.64. The molecule has 3 unspecified atom stereocenters. The van der Waals surface area contributed by atoms with E-state index < -0.39 is 109 Å². The van der Waals surface area contributed by atoms with E-state index in [-0.39, 0.29) is 13.0 Å². The lowest BCUT2D eigenvalue weighted by atomic mass is 9.77. The SMILES string of the molecule is C=CC1(CC)OCC2O[C@@](OC(C)=O)([C@@]3(COC(C)=O)O[C@H](COC(C)=O)[C@@H](OC(C)=O)[C@@H]3OC(C)=O)[C@H](OC(C)=O)[C@@H](O)C2O1. The summed E-state index contributed by atoms with van der Waals surface area (Å²) in [4.78, 5) is 74.4. The number of aliphatic hydroxyl groups excluding tert-OH is 1. The second-order valence-electron chi connectivity index (χ2n) is 10.9. The molecule has 3 fully saturated rings. The van der Waals surface area contributed by atoms with Gasteiger partial charge >= 0.3 is 35.8 Å². The molecule has 1 N–H and O–H groups in total. The van der Waals surface area contributed by atoms with Crippen LogP contribution in [0.2, 0.25) is 0 Å². The van der Waals surface area contributed by atoms with E-state index in [1.165, 1.54) is 6.08 Å². The fraction of sp³-hybridized carbons (Fsp3) is 0.724. The molecular weight excluding hydrogens is 620 g/mol. The Morgan fingerprint density at radius 1 is 0.804 bits per heavy atom. The summed E-state index contributed by atoms with van der Waals surface area (Å²) in [6, 6.07) is 0.